The minimum atomic E-state index is 0.750. The van der Waals surface area contributed by atoms with E-state index in [1.807, 2.05) is 13.0 Å². The van der Waals surface area contributed by atoms with E-state index in [9.17, 15) is 0 Å². The van der Waals surface area contributed by atoms with Crippen LogP contribution in [-0.2, 0) is 4.79 Å². The molecule has 1 saturated carbocycles. The van der Waals surface area contributed by atoms with Gasteiger partial charge in [0.15, 0.2) is 0 Å². The summed E-state index contributed by atoms with van der Waals surface area (Å²) in [6.45, 7) is 20.5. The van der Waals surface area contributed by atoms with E-state index in [1.165, 1.54) is 66.9 Å². The highest BCUT2D eigenvalue weighted by atomic mass is 16.1. The quantitative estimate of drug-likeness (QED) is 0.216. The molecule has 0 bridgehead atoms. The number of hydrogen-bond donors (Lipinski definition) is 0. The summed E-state index contributed by atoms with van der Waals surface area (Å²) >= 11 is 0. The molecule has 2 heteroatoms. The third-order valence-corrected chi connectivity index (χ3v) is 6.76. The van der Waals surface area contributed by atoms with Gasteiger partial charge in [0.25, 0.3) is 0 Å². The van der Waals surface area contributed by atoms with Crippen LogP contribution in [0, 0.1) is 0 Å². The van der Waals surface area contributed by atoms with Gasteiger partial charge in [0.1, 0.15) is 6.29 Å². The number of rotatable bonds is 12. The summed E-state index contributed by atoms with van der Waals surface area (Å²) in [5.41, 5.74) is 7.77. The molecular formula is C34H49NO. The monoisotopic (exact) mass is 487 g/mol. The number of allylic oxidation sites excluding steroid dienone is 8. The summed E-state index contributed by atoms with van der Waals surface area (Å²) in [7, 11) is 0. The fraction of sp³-hybridized carbons (Fsp3) is 0.441. The minimum absolute atomic E-state index is 0.750. The second-order valence-corrected chi connectivity index (χ2v) is 9.56. The molecule has 36 heavy (non-hydrogen) atoms. The number of carbonyl (C=O) groups is 1. The van der Waals surface area contributed by atoms with Crippen molar-refractivity contribution in [1.29, 1.82) is 0 Å². The first kappa shape index (κ1) is 31.2. The van der Waals surface area contributed by atoms with Crippen LogP contribution in [0.25, 0.3) is 5.70 Å². The highest BCUT2D eigenvalue weighted by Gasteiger charge is 2.16. The standard InChI is InChI=1S/C32H45N.C2H4O/c1-7-10-15-26(4)27(5)25-29(14-8-2)22-24-33(23-9-3)28(6)30-18-20-32(21-19-30)31-16-12-11-13-17-31;1-2-3/h7-8,10,14-15,18-21,25,31H,2,6,9,11-13,16-17,22-24H2,1,3-5H3;2H,1H3/b10-7-,26-15+,27-25+,29-14-;. The smallest absolute Gasteiger partial charge is 0.116 e. The first-order valence-corrected chi connectivity index (χ1v) is 13.7. The number of benzene rings is 1. The molecule has 0 aromatic heterocycles. The van der Waals surface area contributed by atoms with E-state index in [0.717, 1.165) is 43.8 Å². The summed E-state index contributed by atoms with van der Waals surface area (Å²) in [5, 5.41) is 0. The first-order chi connectivity index (χ1) is 17.4. The highest BCUT2D eigenvalue weighted by Crippen LogP contribution is 2.33. The second kappa shape index (κ2) is 18.4. The van der Waals surface area contributed by atoms with Gasteiger partial charge >= 0.3 is 0 Å². The van der Waals surface area contributed by atoms with Crippen LogP contribution < -0.4 is 0 Å². The van der Waals surface area contributed by atoms with E-state index in [1.54, 1.807) is 0 Å². The first-order valence-electron chi connectivity index (χ1n) is 13.7. The summed E-state index contributed by atoms with van der Waals surface area (Å²) in [4.78, 5) is 11.2. The Morgan fingerprint density at radius 2 is 1.64 bits per heavy atom. The minimum Gasteiger partial charge on any atom is -0.371 e. The van der Waals surface area contributed by atoms with Gasteiger partial charge in [-0.2, -0.15) is 0 Å². The molecule has 0 spiro atoms. The van der Waals surface area contributed by atoms with Gasteiger partial charge in [-0.1, -0.05) is 100 Å². The number of carbonyl (C=O) groups excluding carboxylic acids is 1. The zero-order chi connectivity index (χ0) is 26.8. The van der Waals surface area contributed by atoms with Crippen LogP contribution in [0.1, 0.15) is 96.6 Å². The Balaban J connectivity index is 0.00000205. The van der Waals surface area contributed by atoms with Gasteiger partial charge in [-0.3, -0.25) is 0 Å². The predicted molar refractivity (Wildman–Crippen MR) is 160 cm³/mol. The lowest BCUT2D eigenvalue weighted by atomic mass is 9.84. The van der Waals surface area contributed by atoms with Gasteiger partial charge in [0.2, 0.25) is 0 Å². The van der Waals surface area contributed by atoms with Crippen molar-refractivity contribution in [1.82, 2.24) is 4.90 Å². The molecule has 2 nitrogen and oxygen atoms in total. The molecule has 0 N–H and O–H groups in total. The maximum Gasteiger partial charge on any atom is 0.116 e. The van der Waals surface area contributed by atoms with Crippen molar-refractivity contribution in [3.05, 3.63) is 102 Å². The Kier molecular flexibility index (Phi) is 15.9. The molecule has 1 aliphatic carbocycles. The SMILES string of the molecule is C=C\C=C(/C=C(C)/C(C)=C/C=C\C)CCN(CCC)C(=C)c1ccc(C2CCCCC2)cc1.CC=O. The number of nitrogens with zero attached hydrogens (tertiary/aromatic N) is 1. The van der Waals surface area contributed by atoms with Crippen molar-refractivity contribution in [2.45, 2.75) is 85.5 Å². The lowest BCUT2D eigenvalue weighted by molar-refractivity contribution is -0.106. The van der Waals surface area contributed by atoms with Gasteiger partial charge in [0, 0.05) is 18.8 Å². The molecule has 1 aliphatic rings. The molecule has 196 valence electrons. The molecule has 0 saturated heterocycles. The zero-order valence-electron chi connectivity index (χ0n) is 23.6. The molecular weight excluding hydrogens is 438 g/mol. The van der Waals surface area contributed by atoms with Crippen molar-refractivity contribution in [3.63, 3.8) is 0 Å². The highest BCUT2D eigenvalue weighted by molar-refractivity contribution is 5.62. The fourth-order valence-electron chi connectivity index (χ4n) is 4.60. The zero-order valence-corrected chi connectivity index (χ0v) is 23.6. The molecule has 1 aromatic carbocycles. The van der Waals surface area contributed by atoms with E-state index in [0.29, 0.717) is 0 Å². The molecule has 2 rings (SSSR count). The molecule has 0 amide bonds. The number of aldehydes is 1. The van der Waals surface area contributed by atoms with Gasteiger partial charge in [0.05, 0.1) is 0 Å². The third kappa shape index (κ3) is 11.2. The second-order valence-electron chi connectivity index (χ2n) is 9.56. The van der Waals surface area contributed by atoms with Crippen LogP contribution in [0.15, 0.2) is 90.6 Å². The van der Waals surface area contributed by atoms with Crippen LogP contribution in [0.3, 0.4) is 0 Å². The maximum absolute atomic E-state index is 8.81. The van der Waals surface area contributed by atoms with E-state index in [2.05, 4.69) is 93.5 Å². The maximum atomic E-state index is 8.81. The Labute approximate surface area is 221 Å². The van der Waals surface area contributed by atoms with Crippen LogP contribution in [0.5, 0.6) is 0 Å². The van der Waals surface area contributed by atoms with Crippen LogP contribution in [-0.4, -0.2) is 24.3 Å². The van der Waals surface area contributed by atoms with Crippen molar-refractivity contribution < 1.29 is 4.79 Å². The van der Waals surface area contributed by atoms with Crippen molar-refractivity contribution >= 4 is 12.0 Å². The van der Waals surface area contributed by atoms with Crippen molar-refractivity contribution in [3.8, 4) is 0 Å². The molecule has 0 aliphatic heterocycles. The van der Waals surface area contributed by atoms with Crippen LogP contribution >= 0.6 is 0 Å². The lowest BCUT2D eigenvalue weighted by Gasteiger charge is -2.28. The number of hydrogen-bond acceptors (Lipinski definition) is 2. The molecule has 1 fully saturated rings. The summed E-state index contributed by atoms with van der Waals surface area (Å²) < 4.78 is 0. The van der Waals surface area contributed by atoms with Gasteiger partial charge in [-0.15, -0.1) is 0 Å². The lowest BCUT2D eigenvalue weighted by Crippen LogP contribution is -2.24. The molecule has 1 aromatic rings. The average Bonchev–Trinajstić information content (AvgIpc) is 2.90. The van der Waals surface area contributed by atoms with Gasteiger partial charge in [-0.25, -0.2) is 0 Å². The Morgan fingerprint density at radius 3 is 2.19 bits per heavy atom. The largest absolute Gasteiger partial charge is 0.371 e. The van der Waals surface area contributed by atoms with E-state index in [-0.39, 0.29) is 0 Å². The van der Waals surface area contributed by atoms with E-state index < -0.39 is 0 Å². The van der Waals surface area contributed by atoms with Gasteiger partial charge < -0.3 is 9.69 Å². The van der Waals surface area contributed by atoms with Gasteiger partial charge in [-0.05, 0) is 87.1 Å². The molecule has 0 heterocycles. The average molecular weight is 488 g/mol. The van der Waals surface area contributed by atoms with Crippen LogP contribution in [0.2, 0.25) is 0 Å². The van der Waals surface area contributed by atoms with Crippen molar-refractivity contribution in [2.75, 3.05) is 13.1 Å². The van der Waals surface area contributed by atoms with Crippen molar-refractivity contribution in [2.24, 2.45) is 0 Å². The fourth-order valence-corrected chi connectivity index (χ4v) is 4.60. The summed E-state index contributed by atoms with van der Waals surface area (Å²) in [5.74, 6) is 0.750. The van der Waals surface area contributed by atoms with E-state index in [4.69, 9.17) is 4.79 Å². The Hall–Kier alpha value is -2.87. The Morgan fingerprint density at radius 1 is 1.00 bits per heavy atom. The molecule has 0 unspecified atom stereocenters. The topological polar surface area (TPSA) is 20.3 Å². The van der Waals surface area contributed by atoms with Crippen LogP contribution in [0.4, 0.5) is 0 Å². The van der Waals surface area contributed by atoms with E-state index >= 15 is 0 Å². The molecule has 0 radical (unpaired) electrons. The summed E-state index contributed by atoms with van der Waals surface area (Å²) in [6, 6.07) is 9.26. The normalized spacial score (nSPS) is 15.3. The predicted octanol–water partition coefficient (Wildman–Crippen LogP) is 9.59. The molecule has 0 atom stereocenters. The summed E-state index contributed by atoms with van der Waals surface area (Å²) in [6.07, 6.45) is 22.3. The third-order valence-electron chi connectivity index (χ3n) is 6.76. The Bertz CT molecular complexity index is 920.